The van der Waals surface area contributed by atoms with Gasteiger partial charge in [-0.3, -0.25) is 4.79 Å². The van der Waals surface area contributed by atoms with Gasteiger partial charge in [-0.15, -0.1) is 12.4 Å². The van der Waals surface area contributed by atoms with Crippen LogP contribution in [0.15, 0.2) is 22.7 Å². The maximum atomic E-state index is 13.0. The minimum absolute atomic E-state index is 0. The normalized spacial score (nSPS) is 14.7. The van der Waals surface area contributed by atoms with Crippen molar-refractivity contribution in [3.63, 3.8) is 0 Å². The lowest BCUT2D eigenvalue weighted by atomic mass is 10.0. The van der Waals surface area contributed by atoms with Gasteiger partial charge in [-0.05, 0) is 34.1 Å². The Bertz CT molecular complexity index is 412. The van der Waals surface area contributed by atoms with Gasteiger partial charge in [0.1, 0.15) is 5.82 Å². The fourth-order valence-corrected chi connectivity index (χ4v) is 1.85. The van der Waals surface area contributed by atoms with Gasteiger partial charge in [0.25, 0.3) is 5.91 Å². The van der Waals surface area contributed by atoms with Crippen LogP contribution in [0.25, 0.3) is 0 Å². The van der Waals surface area contributed by atoms with E-state index in [-0.39, 0.29) is 24.1 Å². The number of amides is 1. The highest BCUT2D eigenvalue weighted by Gasteiger charge is 2.17. The molecule has 94 valence electrons. The van der Waals surface area contributed by atoms with Gasteiger partial charge in [0.2, 0.25) is 0 Å². The first-order valence-electron chi connectivity index (χ1n) is 5.11. The predicted octanol–water partition coefficient (Wildman–Crippen LogP) is 1.96. The quantitative estimate of drug-likeness (QED) is 0.893. The molecule has 1 aromatic rings. The van der Waals surface area contributed by atoms with Crippen LogP contribution < -0.4 is 10.6 Å². The monoisotopic (exact) mass is 322 g/mol. The average Bonchev–Trinajstić information content (AvgIpc) is 2.19. The molecule has 0 unspecified atom stereocenters. The Morgan fingerprint density at radius 2 is 2.24 bits per heavy atom. The summed E-state index contributed by atoms with van der Waals surface area (Å²) >= 11 is 3.05. The molecule has 1 aliphatic heterocycles. The summed E-state index contributed by atoms with van der Waals surface area (Å²) in [7, 11) is 0. The van der Waals surface area contributed by atoms with E-state index in [9.17, 15) is 9.18 Å². The van der Waals surface area contributed by atoms with Crippen molar-refractivity contribution in [1.29, 1.82) is 0 Å². The molecule has 2 N–H and O–H groups in total. The molecule has 1 fully saturated rings. The van der Waals surface area contributed by atoms with Gasteiger partial charge in [0.15, 0.2) is 0 Å². The molecule has 6 heteroatoms. The van der Waals surface area contributed by atoms with Gasteiger partial charge >= 0.3 is 0 Å². The van der Waals surface area contributed by atoms with Crippen LogP contribution in [0.1, 0.15) is 10.4 Å². The van der Waals surface area contributed by atoms with Crippen molar-refractivity contribution < 1.29 is 9.18 Å². The molecule has 1 aromatic carbocycles. The molecule has 0 saturated carbocycles. The van der Waals surface area contributed by atoms with Crippen LogP contribution in [0.4, 0.5) is 4.39 Å². The molecule has 17 heavy (non-hydrogen) atoms. The third-order valence-corrected chi connectivity index (χ3v) is 3.21. The number of benzene rings is 1. The lowest BCUT2D eigenvalue weighted by Gasteiger charge is -2.27. The summed E-state index contributed by atoms with van der Waals surface area (Å²) in [6.45, 7) is 2.57. The molecule has 1 heterocycles. The molecule has 0 spiro atoms. The summed E-state index contributed by atoms with van der Waals surface area (Å²) in [5.74, 6) is 0.000168. The molecule has 1 aliphatic rings. The number of halogens is 3. The van der Waals surface area contributed by atoms with Crippen LogP contribution in [-0.4, -0.2) is 25.5 Å². The number of hydrogen-bond acceptors (Lipinski definition) is 2. The highest BCUT2D eigenvalue weighted by Crippen LogP contribution is 2.16. The third kappa shape index (κ3) is 3.66. The molecule has 1 amide bonds. The molecule has 0 radical (unpaired) electrons. The zero-order chi connectivity index (χ0) is 11.5. The minimum Gasteiger partial charge on any atom is -0.352 e. The van der Waals surface area contributed by atoms with E-state index in [1.165, 1.54) is 18.2 Å². The smallest absolute Gasteiger partial charge is 0.251 e. The lowest BCUT2D eigenvalue weighted by Crippen LogP contribution is -2.48. The van der Waals surface area contributed by atoms with Crippen molar-refractivity contribution in [2.24, 2.45) is 5.92 Å². The lowest BCUT2D eigenvalue weighted by molar-refractivity contribution is 0.0942. The van der Waals surface area contributed by atoms with E-state index < -0.39 is 0 Å². The van der Waals surface area contributed by atoms with E-state index in [0.717, 1.165) is 13.1 Å². The third-order valence-electron chi connectivity index (χ3n) is 2.60. The Hall–Kier alpha value is -0.650. The first-order chi connectivity index (χ1) is 7.66. The van der Waals surface area contributed by atoms with Gasteiger partial charge in [0, 0.05) is 31.1 Å². The van der Waals surface area contributed by atoms with E-state index in [1.807, 2.05) is 0 Å². The molecular weight excluding hydrogens is 310 g/mol. The van der Waals surface area contributed by atoms with Gasteiger partial charge in [-0.25, -0.2) is 4.39 Å². The molecule has 3 nitrogen and oxygen atoms in total. The van der Waals surface area contributed by atoms with Gasteiger partial charge in [-0.2, -0.15) is 0 Å². The summed E-state index contributed by atoms with van der Waals surface area (Å²) in [5.41, 5.74) is 0.473. The molecule has 0 bridgehead atoms. The van der Waals surface area contributed by atoms with Crippen LogP contribution in [0.5, 0.6) is 0 Å². The first kappa shape index (κ1) is 14.4. The second kappa shape index (κ2) is 6.33. The molecule has 0 aliphatic carbocycles. The molecule has 0 aromatic heterocycles. The molecule has 0 atom stereocenters. The largest absolute Gasteiger partial charge is 0.352 e. The van der Waals surface area contributed by atoms with Gasteiger partial charge in [-0.1, -0.05) is 0 Å². The van der Waals surface area contributed by atoms with Crippen LogP contribution >= 0.6 is 28.3 Å². The first-order valence-corrected chi connectivity index (χ1v) is 5.90. The Kier molecular flexibility index (Phi) is 5.36. The van der Waals surface area contributed by atoms with Crippen molar-refractivity contribution >= 4 is 34.2 Å². The fourth-order valence-electron chi connectivity index (χ4n) is 1.47. The Morgan fingerprint density at radius 1 is 1.53 bits per heavy atom. The number of rotatable bonds is 3. The van der Waals surface area contributed by atoms with Crippen LogP contribution in [-0.2, 0) is 0 Å². The van der Waals surface area contributed by atoms with E-state index in [0.29, 0.717) is 22.5 Å². The summed E-state index contributed by atoms with van der Waals surface area (Å²) in [6, 6.07) is 4.25. The Morgan fingerprint density at radius 3 is 2.76 bits per heavy atom. The second-order valence-corrected chi connectivity index (χ2v) is 4.72. The summed E-state index contributed by atoms with van der Waals surface area (Å²) in [6.07, 6.45) is 0. The van der Waals surface area contributed by atoms with Gasteiger partial charge < -0.3 is 10.6 Å². The van der Waals surface area contributed by atoms with E-state index in [1.54, 1.807) is 0 Å². The van der Waals surface area contributed by atoms with Crippen molar-refractivity contribution in [3.05, 3.63) is 34.1 Å². The zero-order valence-corrected chi connectivity index (χ0v) is 11.4. The van der Waals surface area contributed by atoms with Crippen molar-refractivity contribution in [3.8, 4) is 0 Å². The minimum atomic E-state index is -0.361. The number of carbonyl (C=O) groups is 1. The fraction of sp³-hybridized carbons (Fsp3) is 0.364. The highest BCUT2D eigenvalue weighted by atomic mass is 79.9. The summed E-state index contributed by atoms with van der Waals surface area (Å²) in [4.78, 5) is 11.7. The Labute approximate surface area is 114 Å². The average molecular weight is 324 g/mol. The van der Waals surface area contributed by atoms with E-state index >= 15 is 0 Å². The maximum Gasteiger partial charge on any atom is 0.251 e. The number of nitrogens with one attached hydrogen (secondary N) is 2. The van der Waals surface area contributed by atoms with E-state index in [2.05, 4.69) is 26.6 Å². The van der Waals surface area contributed by atoms with Crippen molar-refractivity contribution in [1.82, 2.24) is 10.6 Å². The second-order valence-electron chi connectivity index (χ2n) is 3.86. The van der Waals surface area contributed by atoms with Gasteiger partial charge in [0.05, 0.1) is 4.47 Å². The molecule has 2 rings (SSSR count). The molecule has 1 saturated heterocycles. The van der Waals surface area contributed by atoms with Crippen molar-refractivity contribution in [2.75, 3.05) is 19.6 Å². The van der Waals surface area contributed by atoms with Crippen LogP contribution in [0, 0.1) is 11.7 Å². The topological polar surface area (TPSA) is 41.1 Å². The Balaban J connectivity index is 0.00000144. The maximum absolute atomic E-state index is 13.0. The summed E-state index contributed by atoms with van der Waals surface area (Å²) in [5, 5.41) is 5.96. The summed E-state index contributed by atoms with van der Waals surface area (Å²) < 4.78 is 13.3. The number of carbonyl (C=O) groups excluding carboxylic acids is 1. The van der Waals surface area contributed by atoms with Crippen LogP contribution in [0.2, 0.25) is 0 Å². The van der Waals surface area contributed by atoms with E-state index in [4.69, 9.17) is 0 Å². The molecular formula is C11H13BrClFN2O. The predicted molar refractivity (Wildman–Crippen MR) is 70.0 cm³/mol. The SMILES string of the molecule is Cl.O=C(NCC1CNC1)c1ccc(F)c(Br)c1. The zero-order valence-electron chi connectivity index (χ0n) is 9.00. The number of hydrogen-bond donors (Lipinski definition) is 2. The standard InChI is InChI=1S/C11H12BrFN2O.ClH/c12-9-3-8(1-2-10(9)13)11(16)15-6-7-4-14-5-7;/h1-3,7,14H,4-6H2,(H,15,16);1H. The highest BCUT2D eigenvalue weighted by molar-refractivity contribution is 9.10. The van der Waals surface area contributed by atoms with Crippen LogP contribution in [0.3, 0.4) is 0 Å². The van der Waals surface area contributed by atoms with Crippen molar-refractivity contribution in [2.45, 2.75) is 0 Å².